The highest BCUT2D eigenvalue weighted by atomic mass is 35.5. The normalized spacial score (nSPS) is 23.0. The molecule has 1 aromatic rings. The molecule has 0 bridgehead atoms. The van der Waals surface area contributed by atoms with Crippen LogP contribution in [0.25, 0.3) is 0 Å². The summed E-state index contributed by atoms with van der Waals surface area (Å²) in [5.74, 6) is -3.23. The van der Waals surface area contributed by atoms with Crippen LogP contribution in [0, 0.1) is 0 Å². The lowest BCUT2D eigenvalue weighted by Crippen LogP contribution is -2.47. The van der Waals surface area contributed by atoms with Crippen LogP contribution in [0.5, 0.6) is 0 Å². The molecule has 2 atom stereocenters. The average molecular weight is 447 g/mol. The fraction of sp³-hybridized carbons (Fsp3) is 0.588. The van der Waals surface area contributed by atoms with Crippen molar-refractivity contribution in [2.45, 2.75) is 24.4 Å². The molecular weight excluding hydrogens is 423 g/mol. The number of hydrogen-bond acceptors (Lipinski definition) is 4. The van der Waals surface area contributed by atoms with Crippen molar-refractivity contribution in [1.29, 1.82) is 0 Å². The zero-order chi connectivity index (χ0) is 17.9. The first-order valence-electron chi connectivity index (χ1n) is 8.41. The van der Waals surface area contributed by atoms with Gasteiger partial charge in [-0.15, -0.1) is 24.8 Å². The maximum atomic E-state index is 13.3. The maximum absolute atomic E-state index is 13.3. The number of benzene rings is 1. The van der Waals surface area contributed by atoms with Gasteiger partial charge >= 0.3 is 0 Å². The van der Waals surface area contributed by atoms with Gasteiger partial charge in [-0.1, -0.05) is 29.8 Å². The van der Waals surface area contributed by atoms with Crippen LogP contribution in [0.4, 0.5) is 8.78 Å². The van der Waals surface area contributed by atoms with Crippen molar-refractivity contribution in [3.8, 4) is 0 Å². The Morgan fingerprint density at radius 2 is 2.00 bits per heavy atom. The Morgan fingerprint density at radius 1 is 1.33 bits per heavy atom. The second kappa shape index (κ2) is 10.7. The summed E-state index contributed by atoms with van der Waals surface area (Å²) in [6, 6.07) is 6.51. The molecule has 2 unspecified atom stereocenters. The molecule has 0 aliphatic carbocycles. The number of nitrogens with zero attached hydrogens (tertiary/aromatic N) is 1. The third-order valence-corrected chi connectivity index (χ3v) is 4.99. The van der Waals surface area contributed by atoms with Gasteiger partial charge in [-0.3, -0.25) is 15.0 Å². The van der Waals surface area contributed by atoms with E-state index in [1.807, 2.05) is 24.3 Å². The second-order valence-corrected chi connectivity index (χ2v) is 6.83. The van der Waals surface area contributed by atoms with Crippen LogP contribution in [-0.2, 0) is 9.53 Å². The van der Waals surface area contributed by atoms with Gasteiger partial charge in [0.1, 0.15) is 0 Å². The number of ether oxygens (including phenoxy) is 1. The van der Waals surface area contributed by atoms with Crippen LogP contribution in [-0.4, -0.2) is 62.2 Å². The minimum absolute atomic E-state index is 0. The van der Waals surface area contributed by atoms with Crippen LogP contribution in [0.1, 0.15) is 18.0 Å². The minimum Gasteiger partial charge on any atom is -0.379 e. The molecule has 1 aromatic carbocycles. The Kier molecular flexibility index (Phi) is 9.68. The van der Waals surface area contributed by atoms with Crippen molar-refractivity contribution < 1.29 is 18.3 Å². The van der Waals surface area contributed by atoms with Crippen molar-refractivity contribution in [2.24, 2.45) is 0 Å². The van der Waals surface area contributed by atoms with E-state index in [1.54, 1.807) is 0 Å². The van der Waals surface area contributed by atoms with Gasteiger partial charge in [0.15, 0.2) is 0 Å². The zero-order valence-electron chi connectivity index (χ0n) is 14.6. The Labute approximate surface area is 175 Å². The van der Waals surface area contributed by atoms with Gasteiger partial charge in [0.25, 0.3) is 5.92 Å². The molecule has 154 valence electrons. The Balaban J connectivity index is 0.00000182. The fourth-order valence-electron chi connectivity index (χ4n) is 3.29. The van der Waals surface area contributed by atoms with Crippen LogP contribution >= 0.6 is 36.4 Å². The number of carbonyl (C=O) groups excluding carboxylic acids is 1. The summed E-state index contributed by atoms with van der Waals surface area (Å²) >= 11 is 6.34. The summed E-state index contributed by atoms with van der Waals surface area (Å²) in [5.41, 5.74) is 0.913. The summed E-state index contributed by atoms with van der Waals surface area (Å²) in [6.07, 6.45) is -0.465. The van der Waals surface area contributed by atoms with E-state index >= 15 is 0 Å². The first-order chi connectivity index (χ1) is 12.0. The number of rotatable bonds is 5. The van der Waals surface area contributed by atoms with E-state index in [0.29, 0.717) is 24.8 Å². The highest BCUT2D eigenvalue weighted by Crippen LogP contribution is 2.28. The number of halogens is 5. The van der Waals surface area contributed by atoms with Crippen molar-refractivity contribution in [1.82, 2.24) is 15.5 Å². The molecule has 2 aliphatic rings. The number of carbonyl (C=O) groups is 1. The van der Waals surface area contributed by atoms with Crippen LogP contribution in [0.15, 0.2) is 24.3 Å². The Bertz CT molecular complexity index is 619. The highest BCUT2D eigenvalue weighted by Gasteiger charge is 2.42. The minimum atomic E-state index is -2.83. The molecule has 0 saturated carbocycles. The maximum Gasteiger partial charge on any atom is 0.262 e. The van der Waals surface area contributed by atoms with Crippen LogP contribution in [0.3, 0.4) is 0 Å². The fourth-order valence-corrected chi connectivity index (χ4v) is 3.55. The first-order valence-corrected chi connectivity index (χ1v) is 8.79. The van der Waals surface area contributed by atoms with Gasteiger partial charge in [0.05, 0.1) is 31.8 Å². The molecule has 0 aromatic heterocycles. The van der Waals surface area contributed by atoms with E-state index in [4.69, 9.17) is 16.3 Å². The van der Waals surface area contributed by atoms with Crippen molar-refractivity contribution in [2.75, 3.05) is 39.4 Å². The third-order valence-electron chi connectivity index (χ3n) is 4.65. The second-order valence-electron chi connectivity index (χ2n) is 6.42. The molecular formula is C17H24Cl3F2N3O2. The van der Waals surface area contributed by atoms with Gasteiger partial charge in [-0.05, 0) is 11.6 Å². The van der Waals surface area contributed by atoms with E-state index in [-0.39, 0.29) is 30.9 Å². The van der Waals surface area contributed by atoms with Gasteiger partial charge < -0.3 is 10.1 Å². The number of morpholine rings is 1. The number of nitrogens with one attached hydrogen (secondary N) is 2. The smallest absolute Gasteiger partial charge is 0.262 e. The first kappa shape index (κ1) is 24.3. The summed E-state index contributed by atoms with van der Waals surface area (Å²) in [7, 11) is 0. The molecule has 2 aliphatic heterocycles. The third kappa shape index (κ3) is 6.41. The zero-order valence-corrected chi connectivity index (χ0v) is 17.0. The lowest BCUT2D eigenvalue weighted by Gasteiger charge is -2.35. The van der Waals surface area contributed by atoms with E-state index in [2.05, 4.69) is 15.5 Å². The topological polar surface area (TPSA) is 53.6 Å². The van der Waals surface area contributed by atoms with Crippen molar-refractivity contribution in [3.05, 3.63) is 34.9 Å². The molecule has 2 saturated heterocycles. The van der Waals surface area contributed by atoms with Gasteiger partial charge in [0.2, 0.25) is 5.91 Å². The monoisotopic (exact) mass is 445 g/mol. The lowest BCUT2D eigenvalue weighted by atomic mass is 10.0. The molecule has 0 spiro atoms. The molecule has 27 heavy (non-hydrogen) atoms. The van der Waals surface area contributed by atoms with Crippen molar-refractivity contribution >= 4 is 42.3 Å². The molecule has 0 radical (unpaired) electrons. The lowest BCUT2D eigenvalue weighted by molar-refractivity contribution is -0.123. The Hall–Kier alpha value is -0.700. The quantitative estimate of drug-likeness (QED) is 0.730. The van der Waals surface area contributed by atoms with E-state index < -0.39 is 30.8 Å². The molecule has 10 heteroatoms. The van der Waals surface area contributed by atoms with Gasteiger partial charge in [0, 0.05) is 31.1 Å². The predicted molar refractivity (Wildman–Crippen MR) is 105 cm³/mol. The average Bonchev–Trinajstić information content (AvgIpc) is 2.97. The summed E-state index contributed by atoms with van der Waals surface area (Å²) in [4.78, 5) is 14.4. The summed E-state index contributed by atoms with van der Waals surface area (Å²) in [5, 5.41) is 6.01. The Morgan fingerprint density at radius 3 is 2.59 bits per heavy atom. The highest BCUT2D eigenvalue weighted by molar-refractivity contribution is 6.31. The van der Waals surface area contributed by atoms with Gasteiger partial charge in [-0.2, -0.15) is 0 Å². The molecule has 2 fully saturated rings. The van der Waals surface area contributed by atoms with E-state index in [9.17, 15) is 13.6 Å². The standard InChI is InChI=1S/C17H22ClF2N3O2.2ClH/c18-13-4-2-1-3-12(13)15(23-5-7-25-8-6-23)10-21-16(24)14-9-17(19,20)11-22-14;;/h1-4,14-15,22H,5-11H2,(H,21,24);2*1H. The molecule has 3 rings (SSSR count). The van der Waals surface area contributed by atoms with E-state index in [1.165, 1.54) is 0 Å². The molecule has 2 heterocycles. The molecule has 5 nitrogen and oxygen atoms in total. The number of amides is 1. The van der Waals surface area contributed by atoms with Crippen LogP contribution in [0.2, 0.25) is 5.02 Å². The van der Waals surface area contributed by atoms with Crippen LogP contribution < -0.4 is 10.6 Å². The predicted octanol–water partition coefficient (Wildman–Crippen LogP) is 2.67. The molecule has 1 amide bonds. The largest absolute Gasteiger partial charge is 0.379 e. The van der Waals surface area contributed by atoms with Crippen molar-refractivity contribution in [3.63, 3.8) is 0 Å². The van der Waals surface area contributed by atoms with Gasteiger partial charge in [-0.25, -0.2) is 8.78 Å². The summed E-state index contributed by atoms with van der Waals surface area (Å²) in [6.45, 7) is 2.54. The number of hydrogen-bond donors (Lipinski definition) is 2. The molecule has 2 N–H and O–H groups in total. The van der Waals surface area contributed by atoms with E-state index in [0.717, 1.165) is 18.7 Å². The SMILES string of the molecule is Cl.Cl.O=C(NCC(c1ccccc1Cl)N1CCOCC1)C1CC(F)(F)CN1. The summed E-state index contributed by atoms with van der Waals surface area (Å²) < 4.78 is 32.0. The number of alkyl halides is 2.